The molecule has 3 atom stereocenters. The highest BCUT2D eigenvalue weighted by atomic mass is 32.2. The SMILES string of the molecule is COC1CC(OCc2ccccc2)CCC1OS(C)(=O)=O. The third-order valence-corrected chi connectivity index (χ3v) is 4.21. The van der Waals surface area contributed by atoms with Crippen molar-refractivity contribution >= 4 is 10.1 Å². The molecule has 118 valence electrons. The van der Waals surface area contributed by atoms with Crippen LogP contribution in [0.2, 0.25) is 0 Å². The second kappa shape index (κ2) is 7.35. The zero-order valence-electron chi connectivity index (χ0n) is 12.4. The fraction of sp³-hybridized carbons (Fsp3) is 0.600. The van der Waals surface area contributed by atoms with Gasteiger partial charge in [-0.2, -0.15) is 8.42 Å². The Morgan fingerprint density at radius 3 is 2.48 bits per heavy atom. The highest BCUT2D eigenvalue weighted by molar-refractivity contribution is 7.86. The molecule has 0 bridgehead atoms. The van der Waals surface area contributed by atoms with Gasteiger partial charge < -0.3 is 9.47 Å². The lowest BCUT2D eigenvalue weighted by molar-refractivity contribution is -0.0823. The maximum atomic E-state index is 11.2. The average molecular weight is 314 g/mol. The summed E-state index contributed by atoms with van der Waals surface area (Å²) in [6.07, 6.45) is 2.49. The van der Waals surface area contributed by atoms with Crippen LogP contribution in [0, 0.1) is 0 Å². The van der Waals surface area contributed by atoms with Crippen LogP contribution in [0.1, 0.15) is 24.8 Å². The van der Waals surface area contributed by atoms with Crippen LogP contribution in [-0.4, -0.2) is 40.1 Å². The summed E-state index contributed by atoms with van der Waals surface area (Å²) in [5.74, 6) is 0. The van der Waals surface area contributed by atoms with E-state index in [1.165, 1.54) is 0 Å². The Morgan fingerprint density at radius 1 is 1.14 bits per heavy atom. The van der Waals surface area contributed by atoms with Crippen LogP contribution in [0.4, 0.5) is 0 Å². The quantitative estimate of drug-likeness (QED) is 0.753. The molecule has 0 aromatic heterocycles. The largest absolute Gasteiger partial charge is 0.379 e. The summed E-state index contributed by atoms with van der Waals surface area (Å²) in [5.41, 5.74) is 1.13. The lowest BCUT2D eigenvalue weighted by atomic mass is 9.92. The minimum absolute atomic E-state index is 0.0644. The van der Waals surface area contributed by atoms with Crippen molar-refractivity contribution in [1.29, 1.82) is 0 Å². The van der Waals surface area contributed by atoms with Gasteiger partial charge in [-0.25, -0.2) is 0 Å². The Morgan fingerprint density at radius 2 is 1.86 bits per heavy atom. The Hall–Kier alpha value is -0.950. The van der Waals surface area contributed by atoms with Crippen molar-refractivity contribution in [2.45, 2.75) is 44.2 Å². The van der Waals surface area contributed by atoms with Gasteiger partial charge >= 0.3 is 0 Å². The van der Waals surface area contributed by atoms with Crippen LogP contribution in [0.5, 0.6) is 0 Å². The van der Waals surface area contributed by atoms with Crippen molar-refractivity contribution in [3.8, 4) is 0 Å². The standard InChI is InChI=1S/C15H22O5S/c1-18-15-10-13(8-9-14(15)20-21(2,16)17)19-11-12-6-4-3-5-7-12/h3-7,13-15H,8-11H2,1-2H3. The molecule has 0 spiro atoms. The molecule has 0 N–H and O–H groups in total. The van der Waals surface area contributed by atoms with Crippen molar-refractivity contribution in [1.82, 2.24) is 0 Å². The highest BCUT2D eigenvalue weighted by Crippen LogP contribution is 2.27. The second-order valence-corrected chi connectivity index (χ2v) is 6.95. The van der Waals surface area contributed by atoms with E-state index in [-0.39, 0.29) is 12.2 Å². The fourth-order valence-corrected chi connectivity index (χ4v) is 3.26. The van der Waals surface area contributed by atoms with E-state index in [4.69, 9.17) is 13.7 Å². The Balaban J connectivity index is 1.86. The molecule has 21 heavy (non-hydrogen) atoms. The molecule has 1 saturated carbocycles. The van der Waals surface area contributed by atoms with Gasteiger partial charge in [0.2, 0.25) is 0 Å². The lowest BCUT2D eigenvalue weighted by Gasteiger charge is -2.34. The summed E-state index contributed by atoms with van der Waals surface area (Å²) in [7, 11) is -1.89. The molecule has 1 aromatic carbocycles. The Labute approximate surface area is 126 Å². The van der Waals surface area contributed by atoms with E-state index in [9.17, 15) is 8.42 Å². The molecule has 2 rings (SSSR count). The molecule has 3 unspecified atom stereocenters. The zero-order valence-corrected chi connectivity index (χ0v) is 13.2. The van der Waals surface area contributed by atoms with Crippen LogP contribution >= 0.6 is 0 Å². The first kappa shape index (κ1) is 16.4. The van der Waals surface area contributed by atoms with Gasteiger partial charge in [-0.05, 0) is 18.4 Å². The highest BCUT2D eigenvalue weighted by Gasteiger charge is 2.34. The molecular weight excluding hydrogens is 292 g/mol. The van der Waals surface area contributed by atoms with E-state index in [0.717, 1.165) is 18.2 Å². The van der Waals surface area contributed by atoms with Crippen molar-refractivity contribution < 1.29 is 22.1 Å². The van der Waals surface area contributed by atoms with Gasteiger partial charge in [0.05, 0.1) is 25.1 Å². The van der Waals surface area contributed by atoms with Gasteiger partial charge in [0.25, 0.3) is 10.1 Å². The molecule has 5 nitrogen and oxygen atoms in total. The number of hydrogen-bond acceptors (Lipinski definition) is 5. The number of rotatable bonds is 6. The number of methoxy groups -OCH3 is 1. The molecule has 1 aromatic rings. The summed E-state index contributed by atoms with van der Waals surface area (Å²) < 4.78 is 38.8. The number of hydrogen-bond donors (Lipinski definition) is 0. The van der Waals surface area contributed by atoms with Crippen molar-refractivity contribution in [3.05, 3.63) is 35.9 Å². The second-order valence-electron chi connectivity index (χ2n) is 5.34. The van der Waals surface area contributed by atoms with E-state index < -0.39 is 16.2 Å². The molecule has 6 heteroatoms. The Bertz CT molecular complexity index is 528. The molecule has 0 aliphatic heterocycles. The molecule has 1 aliphatic rings. The number of ether oxygens (including phenoxy) is 2. The van der Waals surface area contributed by atoms with Crippen LogP contribution in [0.3, 0.4) is 0 Å². The molecule has 1 fully saturated rings. The molecule has 0 amide bonds. The molecule has 0 saturated heterocycles. The third kappa shape index (κ3) is 5.39. The van der Waals surface area contributed by atoms with Gasteiger partial charge in [0.15, 0.2) is 0 Å². The normalized spacial score (nSPS) is 26.7. The molecular formula is C15H22O5S. The maximum Gasteiger partial charge on any atom is 0.264 e. The Kier molecular flexibility index (Phi) is 5.75. The van der Waals surface area contributed by atoms with Gasteiger partial charge in [-0.15, -0.1) is 0 Å². The smallest absolute Gasteiger partial charge is 0.264 e. The first-order chi connectivity index (χ1) is 9.98. The van der Waals surface area contributed by atoms with Crippen molar-refractivity contribution in [2.75, 3.05) is 13.4 Å². The zero-order chi connectivity index (χ0) is 15.3. The topological polar surface area (TPSA) is 61.8 Å². The van der Waals surface area contributed by atoms with Gasteiger partial charge in [-0.1, -0.05) is 30.3 Å². The van der Waals surface area contributed by atoms with Crippen molar-refractivity contribution in [2.24, 2.45) is 0 Å². The predicted molar refractivity (Wildman–Crippen MR) is 79.4 cm³/mol. The molecule has 0 heterocycles. The third-order valence-electron chi connectivity index (χ3n) is 3.61. The lowest BCUT2D eigenvalue weighted by Crippen LogP contribution is -2.41. The summed E-state index contributed by atoms with van der Waals surface area (Å²) in [4.78, 5) is 0. The summed E-state index contributed by atoms with van der Waals surface area (Å²) in [5, 5.41) is 0. The van der Waals surface area contributed by atoms with Gasteiger partial charge in [-0.3, -0.25) is 4.18 Å². The van der Waals surface area contributed by atoms with Gasteiger partial charge in [0, 0.05) is 13.5 Å². The van der Waals surface area contributed by atoms with Crippen LogP contribution < -0.4 is 0 Å². The average Bonchev–Trinajstić information content (AvgIpc) is 2.46. The van der Waals surface area contributed by atoms with Crippen LogP contribution in [0.25, 0.3) is 0 Å². The summed E-state index contributed by atoms with van der Waals surface area (Å²) in [6.45, 7) is 0.555. The van der Waals surface area contributed by atoms with Gasteiger partial charge in [0.1, 0.15) is 6.10 Å². The fourth-order valence-electron chi connectivity index (χ4n) is 2.59. The predicted octanol–water partition coefficient (Wildman–Crippen LogP) is 2.12. The maximum absolute atomic E-state index is 11.2. The van der Waals surface area contributed by atoms with E-state index in [1.54, 1.807) is 7.11 Å². The van der Waals surface area contributed by atoms with Crippen LogP contribution in [0.15, 0.2) is 30.3 Å². The minimum atomic E-state index is -3.46. The molecule has 0 radical (unpaired) electrons. The summed E-state index contributed by atoms with van der Waals surface area (Å²) in [6, 6.07) is 9.97. The monoisotopic (exact) mass is 314 g/mol. The first-order valence-corrected chi connectivity index (χ1v) is 8.86. The number of benzene rings is 1. The summed E-state index contributed by atoms with van der Waals surface area (Å²) >= 11 is 0. The van der Waals surface area contributed by atoms with E-state index in [1.807, 2.05) is 30.3 Å². The first-order valence-electron chi connectivity index (χ1n) is 7.04. The van der Waals surface area contributed by atoms with E-state index >= 15 is 0 Å². The molecule has 1 aliphatic carbocycles. The van der Waals surface area contributed by atoms with Crippen molar-refractivity contribution in [3.63, 3.8) is 0 Å². The van der Waals surface area contributed by atoms with Crippen LogP contribution in [-0.2, 0) is 30.4 Å². The van der Waals surface area contributed by atoms with E-state index in [2.05, 4.69) is 0 Å². The van der Waals surface area contributed by atoms with E-state index in [0.29, 0.717) is 19.4 Å². The minimum Gasteiger partial charge on any atom is -0.379 e.